The Hall–Kier alpha value is -3.14. The number of pyridine rings is 1. The van der Waals surface area contributed by atoms with E-state index in [0.29, 0.717) is 5.69 Å². The molecule has 1 aromatic heterocycles. The largest absolute Gasteiger partial charge is 0.321 e. The lowest BCUT2D eigenvalue weighted by atomic mass is 10.0. The van der Waals surface area contributed by atoms with Crippen molar-refractivity contribution >= 4 is 11.6 Å². The fourth-order valence-corrected chi connectivity index (χ4v) is 4.58. The van der Waals surface area contributed by atoms with Crippen LogP contribution in [0.4, 0.5) is 5.69 Å². The van der Waals surface area contributed by atoms with Gasteiger partial charge in [-0.05, 0) is 77.6 Å². The van der Waals surface area contributed by atoms with Gasteiger partial charge in [0.2, 0.25) is 0 Å². The molecule has 0 radical (unpaired) electrons. The van der Waals surface area contributed by atoms with Crippen LogP contribution in [0.3, 0.4) is 0 Å². The van der Waals surface area contributed by atoms with E-state index in [4.69, 9.17) is 0 Å². The molecule has 1 heterocycles. The Kier molecular flexibility index (Phi) is 5.71. The third-order valence-electron chi connectivity index (χ3n) is 5.64. The summed E-state index contributed by atoms with van der Waals surface area (Å²) in [7, 11) is 0. The summed E-state index contributed by atoms with van der Waals surface area (Å²) < 4.78 is 2.02. The summed E-state index contributed by atoms with van der Waals surface area (Å²) in [6.07, 6.45) is 0. The second-order valence-corrected chi connectivity index (χ2v) is 8.42. The van der Waals surface area contributed by atoms with Gasteiger partial charge in [-0.25, -0.2) is 0 Å². The molecule has 0 bridgehead atoms. The Bertz CT molecular complexity index is 1190. The summed E-state index contributed by atoms with van der Waals surface area (Å²) >= 11 is 0. The average molecular weight is 403 g/mol. The molecular formula is C26H30N2O2. The van der Waals surface area contributed by atoms with Gasteiger partial charge in [-0.15, -0.1) is 0 Å². The Morgan fingerprint density at radius 1 is 0.733 bits per heavy atom. The lowest BCUT2D eigenvalue weighted by molar-refractivity contribution is 0.102. The van der Waals surface area contributed by atoms with E-state index in [1.165, 1.54) is 5.56 Å². The molecule has 0 aliphatic carbocycles. The monoisotopic (exact) mass is 402 g/mol. The number of aromatic nitrogens is 1. The van der Waals surface area contributed by atoms with Crippen molar-refractivity contribution in [3.05, 3.63) is 90.9 Å². The second-order valence-electron chi connectivity index (χ2n) is 8.42. The molecule has 1 amide bonds. The third kappa shape index (κ3) is 3.82. The fraction of sp³-hybridized carbons (Fsp3) is 0.308. The van der Waals surface area contributed by atoms with E-state index in [2.05, 4.69) is 38.2 Å². The first-order valence-electron chi connectivity index (χ1n) is 10.2. The molecule has 0 unspecified atom stereocenters. The number of nitrogens with zero attached hydrogens (tertiary/aromatic N) is 1. The van der Waals surface area contributed by atoms with Crippen LogP contribution in [0.15, 0.2) is 35.1 Å². The van der Waals surface area contributed by atoms with Gasteiger partial charge >= 0.3 is 0 Å². The van der Waals surface area contributed by atoms with Crippen molar-refractivity contribution in [1.29, 1.82) is 0 Å². The van der Waals surface area contributed by atoms with Gasteiger partial charge in [-0.1, -0.05) is 35.4 Å². The summed E-state index contributed by atoms with van der Waals surface area (Å²) in [4.78, 5) is 26.1. The number of carbonyl (C=O) groups excluding carboxylic acids is 1. The quantitative estimate of drug-likeness (QED) is 0.624. The highest BCUT2D eigenvalue weighted by molar-refractivity contribution is 6.05. The van der Waals surface area contributed by atoms with Gasteiger partial charge in [0, 0.05) is 23.1 Å². The first kappa shape index (κ1) is 21.6. The minimum absolute atomic E-state index is 0.180. The van der Waals surface area contributed by atoms with E-state index in [1.807, 2.05) is 51.3 Å². The van der Waals surface area contributed by atoms with Gasteiger partial charge < -0.3 is 9.88 Å². The van der Waals surface area contributed by atoms with Crippen LogP contribution in [0, 0.1) is 55.4 Å². The van der Waals surface area contributed by atoms with E-state index < -0.39 is 0 Å². The summed E-state index contributed by atoms with van der Waals surface area (Å²) in [5.74, 6) is -0.372. The molecule has 156 valence electrons. The minimum Gasteiger partial charge on any atom is -0.321 e. The Morgan fingerprint density at radius 2 is 1.20 bits per heavy atom. The number of hydrogen-bond acceptors (Lipinski definition) is 2. The maximum absolute atomic E-state index is 13.2. The minimum atomic E-state index is -0.372. The van der Waals surface area contributed by atoms with Crippen molar-refractivity contribution < 1.29 is 4.79 Å². The predicted molar refractivity (Wildman–Crippen MR) is 124 cm³/mol. The van der Waals surface area contributed by atoms with Gasteiger partial charge in [0.1, 0.15) is 5.56 Å². The molecule has 0 aliphatic rings. The highest BCUT2D eigenvalue weighted by atomic mass is 16.2. The van der Waals surface area contributed by atoms with Crippen molar-refractivity contribution in [2.24, 2.45) is 0 Å². The zero-order chi connectivity index (χ0) is 22.3. The summed E-state index contributed by atoms with van der Waals surface area (Å²) in [5.41, 5.74) is 9.68. The maximum Gasteiger partial charge on any atom is 0.261 e. The van der Waals surface area contributed by atoms with Crippen molar-refractivity contribution in [3.63, 3.8) is 0 Å². The van der Waals surface area contributed by atoms with Gasteiger partial charge in [0.25, 0.3) is 5.91 Å². The topological polar surface area (TPSA) is 51.1 Å². The van der Waals surface area contributed by atoms with E-state index in [9.17, 15) is 9.59 Å². The number of hydrogen-bond donors (Lipinski definition) is 1. The van der Waals surface area contributed by atoms with Crippen LogP contribution in [0.2, 0.25) is 0 Å². The molecule has 0 aliphatic heterocycles. The summed E-state index contributed by atoms with van der Waals surface area (Å²) in [5, 5.41) is 2.99. The molecule has 0 saturated carbocycles. The molecule has 2 aromatic carbocycles. The van der Waals surface area contributed by atoms with Crippen LogP contribution < -0.4 is 10.7 Å². The number of rotatable bonds is 3. The smallest absolute Gasteiger partial charge is 0.261 e. The number of nitrogens with one attached hydrogen (secondary N) is 1. The molecule has 3 aromatic rings. The van der Waals surface area contributed by atoms with Gasteiger partial charge in [-0.3, -0.25) is 9.59 Å². The van der Waals surface area contributed by atoms with Crippen LogP contribution in [0.1, 0.15) is 55.1 Å². The Labute approximate surface area is 178 Å². The molecule has 0 atom stereocenters. The van der Waals surface area contributed by atoms with Crippen LogP contribution in [-0.2, 0) is 0 Å². The molecule has 3 rings (SSSR count). The molecule has 4 heteroatoms. The van der Waals surface area contributed by atoms with E-state index in [0.717, 1.165) is 44.9 Å². The number of carbonyl (C=O) groups is 1. The zero-order valence-corrected chi connectivity index (χ0v) is 19.2. The molecule has 4 nitrogen and oxygen atoms in total. The first-order chi connectivity index (χ1) is 14.0. The molecule has 0 saturated heterocycles. The van der Waals surface area contributed by atoms with E-state index >= 15 is 0 Å². The van der Waals surface area contributed by atoms with Crippen LogP contribution in [0.5, 0.6) is 0 Å². The standard InChI is InChI=1S/C26H30N2O2/c1-14-9-16(3)24(17(4)10-14)27-26(30)23-21(8)28(20(7)13-22(23)29)25-18(5)11-15(2)12-19(25)6/h9-13H,1-8H3,(H,27,30). The molecule has 0 fully saturated rings. The van der Waals surface area contributed by atoms with Crippen LogP contribution in [0.25, 0.3) is 5.69 Å². The van der Waals surface area contributed by atoms with Crippen LogP contribution in [-0.4, -0.2) is 10.5 Å². The average Bonchev–Trinajstić information content (AvgIpc) is 2.59. The summed E-state index contributed by atoms with van der Waals surface area (Å²) in [6, 6.07) is 9.86. The summed E-state index contributed by atoms with van der Waals surface area (Å²) in [6.45, 7) is 15.9. The Morgan fingerprint density at radius 3 is 1.70 bits per heavy atom. The highest BCUT2D eigenvalue weighted by Gasteiger charge is 2.21. The van der Waals surface area contributed by atoms with E-state index in [1.54, 1.807) is 6.07 Å². The molecule has 30 heavy (non-hydrogen) atoms. The normalized spacial score (nSPS) is 10.9. The maximum atomic E-state index is 13.2. The van der Waals surface area contributed by atoms with Gasteiger partial charge in [0.05, 0.1) is 5.69 Å². The number of amides is 1. The second kappa shape index (κ2) is 7.94. The Balaban J connectivity index is 2.18. The fourth-order valence-electron chi connectivity index (χ4n) is 4.58. The third-order valence-corrected chi connectivity index (χ3v) is 5.64. The van der Waals surface area contributed by atoms with E-state index in [-0.39, 0.29) is 16.9 Å². The SMILES string of the molecule is Cc1cc(C)c(NC(=O)c2c(C)n(-c3c(C)cc(C)cc3C)c(C)cc2=O)c(C)c1. The number of aryl methyl sites for hydroxylation is 7. The molecule has 0 spiro atoms. The predicted octanol–water partition coefficient (Wildman–Crippen LogP) is 5.56. The molecular weight excluding hydrogens is 372 g/mol. The highest BCUT2D eigenvalue weighted by Crippen LogP contribution is 2.26. The lowest BCUT2D eigenvalue weighted by Crippen LogP contribution is -2.27. The first-order valence-corrected chi connectivity index (χ1v) is 10.2. The van der Waals surface area contributed by atoms with Crippen molar-refractivity contribution in [1.82, 2.24) is 4.57 Å². The van der Waals surface area contributed by atoms with Gasteiger partial charge in [-0.2, -0.15) is 0 Å². The number of anilines is 1. The van der Waals surface area contributed by atoms with Crippen molar-refractivity contribution in [3.8, 4) is 5.69 Å². The van der Waals surface area contributed by atoms with Crippen molar-refractivity contribution in [2.45, 2.75) is 55.4 Å². The lowest BCUT2D eigenvalue weighted by Gasteiger charge is -2.22. The molecule has 1 N–H and O–H groups in total. The zero-order valence-electron chi connectivity index (χ0n) is 19.2. The van der Waals surface area contributed by atoms with Gasteiger partial charge in [0.15, 0.2) is 5.43 Å². The number of benzene rings is 2. The van der Waals surface area contributed by atoms with Crippen molar-refractivity contribution in [2.75, 3.05) is 5.32 Å². The van der Waals surface area contributed by atoms with Crippen LogP contribution >= 0.6 is 0 Å².